The number of rotatable bonds is 11. The number of para-hydroxylation sites is 1. The van der Waals surface area contributed by atoms with Crippen LogP contribution in [0.1, 0.15) is 21.9 Å². The third-order valence-corrected chi connectivity index (χ3v) is 9.01. The number of furan rings is 1. The first-order chi connectivity index (χ1) is 20.5. The number of carboxylic acid groups (broad SMARTS) is 1. The van der Waals surface area contributed by atoms with Gasteiger partial charge in [0.2, 0.25) is 0 Å². The summed E-state index contributed by atoms with van der Waals surface area (Å²) in [6, 6.07) is 35.1. The molecule has 42 heavy (non-hydrogen) atoms. The first-order valence-corrected chi connectivity index (χ1v) is 15.8. The number of thioether (sulfide) groups is 1. The quantitative estimate of drug-likeness (QED) is 0.157. The van der Waals surface area contributed by atoms with Crippen molar-refractivity contribution in [1.82, 2.24) is 4.98 Å². The number of aromatic nitrogens is 1. The number of hydrogen-bond donors (Lipinski definition) is 2. The highest BCUT2D eigenvalue weighted by Crippen LogP contribution is 2.37. The van der Waals surface area contributed by atoms with E-state index in [0.29, 0.717) is 11.6 Å². The molecule has 7 heteroatoms. The summed E-state index contributed by atoms with van der Waals surface area (Å²) in [7, 11) is 0. The SMILES string of the molecule is Cc1nc(N[C@@H](CSCc2ccc(-c3ccc(-c4c(Cc5ccccc5)oc5ccccc45)cc3)cc2)C(=O)O)cs1. The molecule has 5 nitrogen and oxygen atoms in total. The fraction of sp³-hybridized carbons (Fsp3) is 0.143. The lowest BCUT2D eigenvalue weighted by Gasteiger charge is -2.13. The van der Waals surface area contributed by atoms with Crippen LogP contribution in [-0.4, -0.2) is 27.9 Å². The van der Waals surface area contributed by atoms with Crippen LogP contribution in [-0.2, 0) is 17.0 Å². The van der Waals surface area contributed by atoms with Crippen molar-refractivity contribution >= 4 is 45.9 Å². The average Bonchev–Trinajstić information content (AvgIpc) is 3.59. The normalized spacial score (nSPS) is 11.9. The van der Waals surface area contributed by atoms with Gasteiger partial charge < -0.3 is 14.8 Å². The predicted molar refractivity (Wildman–Crippen MR) is 174 cm³/mol. The summed E-state index contributed by atoms with van der Waals surface area (Å²) in [5.74, 6) is 1.90. The van der Waals surface area contributed by atoms with E-state index >= 15 is 0 Å². The topological polar surface area (TPSA) is 75.4 Å². The monoisotopic (exact) mass is 590 g/mol. The van der Waals surface area contributed by atoms with Gasteiger partial charge in [0.15, 0.2) is 0 Å². The number of carbonyl (C=O) groups is 1. The van der Waals surface area contributed by atoms with E-state index in [1.54, 1.807) is 11.8 Å². The lowest BCUT2D eigenvalue weighted by Crippen LogP contribution is -2.31. The van der Waals surface area contributed by atoms with E-state index in [0.717, 1.165) is 61.7 Å². The second-order valence-electron chi connectivity index (χ2n) is 10.1. The molecule has 0 bridgehead atoms. The summed E-state index contributed by atoms with van der Waals surface area (Å²) in [6.07, 6.45) is 0.736. The molecule has 0 saturated carbocycles. The zero-order valence-corrected chi connectivity index (χ0v) is 24.8. The fourth-order valence-corrected chi connectivity index (χ4v) is 6.58. The van der Waals surface area contributed by atoms with Gasteiger partial charge >= 0.3 is 5.97 Å². The predicted octanol–water partition coefficient (Wildman–Crippen LogP) is 8.92. The second-order valence-corrected chi connectivity index (χ2v) is 12.2. The Morgan fingerprint density at radius 2 is 1.55 bits per heavy atom. The molecule has 2 aromatic heterocycles. The number of thiazole rings is 1. The van der Waals surface area contributed by atoms with Crippen molar-refractivity contribution in [3.63, 3.8) is 0 Å². The highest BCUT2D eigenvalue weighted by atomic mass is 32.2. The Morgan fingerprint density at radius 3 is 2.24 bits per heavy atom. The molecular formula is C35H30N2O3S2. The van der Waals surface area contributed by atoms with E-state index in [2.05, 4.69) is 95.2 Å². The van der Waals surface area contributed by atoms with Gasteiger partial charge in [-0.1, -0.05) is 97.1 Å². The van der Waals surface area contributed by atoms with E-state index < -0.39 is 12.0 Å². The number of anilines is 1. The van der Waals surface area contributed by atoms with Crippen LogP contribution in [0.3, 0.4) is 0 Å². The summed E-state index contributed by atoms with van der Waals surface area (Å²) in [4.78, 5) is 16.0. The maximum absolute atomic E-state index is 11.7. The van der Waals surface area contributed by atoms with Crippen LogP contribution in [0, 0.1) is 6.92 Å². The Bertz CT molecular complexity index is 1790. The number of nitrogens with zero attached hydrogens (tertiary/aromatic N) is 1. The number of benzene rings is 4. The first kappa shape index (κ1) is 27.8. The largest absolute Gasteiger partial charge is 0.480 e. The van der Waals surface area contributed by atoms with Crippen molar-refractivity contribution in [2.45, 2.75) is 25.1 Å². The van der Waals surface area contributed by atoms with Gasteiger partial charge in [-0.15, -0.1) is 11.3 Å². The van der Waals surface area contributed by atoms with E-state index in [-0.39, 0.29) is 0 Å². The molecule has 0 fully saturated rings. The Kier molecular flexibility index (Phi) is 8.40. The number of nitrogens with one attached hydrogen (secondary N) is 1. The van der Waals surface area contributed by atoms with Crippen molar-refractivity contribution in [2.75, 3.05) is 11.1 Å². The number of aliphatic carboxylic acids is 1. The second kappa shape index (κ2) is 12.7. The van der Waals surface area contributed by atoms with Gasteiger partial charge in [0.1, 0.15) is 23.2 Å². The Morgan fingerprint density at radius 1 is 0.881 bits per heavy atom. The lowest BCUT2D eigenvalue weighted by atomic mass is 9.96. The van der Waals surface area contributed by atoms with Crippen LogP contribution in [0.4, 0.5) is 5.82 Å². The molecule has 0 amide bonds. The molecule has 0 radical (unpaired) electrons. The molecule has 2 N–H and O–H groups in total. The molecule has 1 atom stereocenters. The maximum atomic E-state index is 11.7. The fourth-order valence-electron chi connectivity index (χ4n) is 5.02. The van der Waals surface area contributed by atoms with E-state index in [1.807, 2.05) is 30.5 Å². The molecule has 2 heterocycles. The minimum atomic E-state index is -0.873. The molecule has 0 saturated heterocycles. The molecule has 210 valence electrons. The average molecular weight is 591 g/mol. The maximum Gasteiger partial charge on any atom is 0.327 e. The van der Waals surface area contributed by atoms with Crippen molar-refractivity contribution in [1.29, 1.82) is 0 Å². The Labute approximate surface area is 253 Å². The number of carboxylic acids is 1. The van der Waals surface area contributed by atoms with E-state index in [9.17, 15) is 9.90 Å². The van der Waals surface area contributed by atoms with Gasteiger partial charge in [-0.2, -0.15) is 11.8 Å². The molecule has 0 aliphatic carbocycles. The lowest BCUT2D eigenvalue weighted by molar-refractivity contribution is -0.137. The first-order valence-electron chi connectivity index (χ1n) is 13.8. The minimum absolute atomic E-state index is 0.448. The highest BCUT2D eigenvalue weighted by Gasteiger charge is 2.19. The zero-order valence-electron chi connectivity index (χ0n) is 23.1. The number of aryl methyl sites for hydroxylation is 1. The van der Waals surface area contributed by atoms with Gasteiger partial charge in [0.05, 0.1) is 5.01 Å². The van der Waals surface area contributed by atoms with Crippen LogP contribution in [0.25, 0.3) is 33.2 Å². The molecule has 4 aromatic carbocycles. The Balaban J connectivity index is 1.13. The van der Waals surface area contributed by atoms with Gasteiger partial charge in [0, 0.05) is 34.3 Å². The molecule has 0 unspecified atom stereocenters. The van der Waals surface area contributed by atoms with Crippen LogP contribution in [0.15, 0.2) is 113 Å². The van der Waals surface area contributed by atoms with Crippen LogP contribution in [0.5, 0.6) is 0 Å². The summed E-state index contributed by atoms with van der Waals surface area (Å²) in [5.41, 5.74) is 7.84. The van der Waals surface area contributed by atoms with Crippen LogP contribution in [0.2, 0.25) is 0 Å². The summed E-state index contributed by atoms with van der Waals surface area (Å²) in [6.45, 7) is 1.91. The van der Waals surface area contributed by atoms with E-state index in [4.69, 9.17) is 4.42 Å². The third-order valence-electron chi connectivity index (χ3n) is 7.13. The molecule has 0 spiro atoms. The number of hydrogen-bond acceptors (Lipinski definition) is 6. The molecule has 0 aliphatic rings. The van der Waals surface area contributed by atoms with Crippen molar-refractivity contribution in [3.05, 3.63) is 130 Å². The van der Waals surface area contributed by atoms with Gasteiger partial charge in [-0.25, -0.2) is 9.78 Å². The molecule has 6 aromatic rings. The summed E-state index contributed by atoms with van der Waals surface area (Å²) in [5, 5.41) is 16.5. The van der Waals surface area contributed by atoms with Crippen LogP contribution >= 0.6 is 23.1 Å². The molecular weight excluding hydrogens is 561 g/mol. The van der Waals surface area contributed by atoms with Gasteiger partial charge in [-0.05, 0) is 40.8 Å². The smallest absolute Gasteiger partial charge is 0.327 e. The van der Waals surface area contributed by atoms with Crippen molar-refractivity contribution in [3.8, 4) is 22.3 Å². The Hall–Kier alpha value is -4.33. The summed E-state index contributed by atoms with van der Waals surface area (Å²) < 4.78 is 6.34. The third kappa shape index (κ3) is 6.43. The van der Waals surface area contributed by atoms with Crippen LogP contribution < -0.4 is 5.32 Å². The van der Waals surface area contributed by atoms with Gasteiger partial charge in [-0.3, -0.25) is 0 Å². The number of fused-ring (bicyclic) bond motifs is 1. The van der Waals surface area contributed by atoms with Gasteiger partial charge in [0.25, 0.3) is 0 Å². The molecule has 6 rings (SSSR count). The summed E-state index contributed by atoms with van der Waals surface area (Å²) >= 11 is 3.10. The minimum Gasteiger partial charge on any atom is -0.480 e. The van der Waals surface area contributed by atoms with Crippen molar-refractivity contribution in [2.24, 2.45) is 0 Å². The highest BCUT2D eigenvalue weighted by molar-refractivity contribution is 7.98. The van der Waals surface area contributed by atoms with Crippen molar-refractivity contribution < 1.29 is 14.3 Å². The standard InChI is InChI=1S/C35H30N2O3S2/c1-23-36-33(22-42-23)37-30(35(38)39)21-41-20-25-11-13-26(14-12-25)27-15-17-28(18-16-27)34-29-9-5-6-10-31(29)40-32(34)19-24-7-3-2-4-8-24/h2-18,22,30,37H,19-21H2,1H3,(H,38,39)/t30-/m0/s1. The molecule has 0 aliphatic heterocycles. The van der Waals surface area contributed by atoms with E-state index in [1.165, 1.54) is 16.9 Å². The zero-order chi connectivity index (χ0) is 28.9.